The first kappa shape index (κ1) is 18.7. The Morgan fingerprint density at radius 3 is 2.45 bits per heavy atom. The molecule has 0 saturated carbocycles. The van der Waals surface area contributed by atoms with E-state index in [2.05, 4.69) is 0 Å². The van der Waals surface area contributed by atoms with E-state index in [1.165, 1.54) is 0 Å². The Hall–Kier alpha value is -1.30. The molecule has 6 heteroatoms. The summed E-state index contributed by atoms with van der Waals surface area (Å²) in [7, 11) is 1.67. The average Bonchev–Trinajstić information content (AvgIpc) is 2.52. The van der Waals surface area contributed by atoms with Gasteiger partial charge >= 0.3 is 0 Å². The summed E-state index contributed by atoms with van der Waals surface area (Å²) >= 11 is 0. The van der Waals surface area contributed by atoms with Crippen molar-refractivity contribution in [3.8, 4) is 5.75 Å². The highest BCUT2D eigenvalue weighted by molar-refractivity contribution is 5.94. The van der Waals surface area contributed by atoms with Gasteiger partial charge in [-0.3, -0.25) is 4.79 Å². The van der Waals surface area contributed by atoms with E-state index in [1.54, 1.807) is 7.11 Å². The maximum atomic E-state index is 12.3. The van der Waals surface area contributed by atoms with Crippen LogP contribution in [0.1, 0.15) is 29.6 Å². The summed E-state index contributed by atoms with van der Waals surface area (Å²) in [4.78, 5) is 14.2. The summed E-state index contributed by atoms with van der Waals surface area (Å²) in [5.74, 6) is 0.858. The van der Waals surface area contributed by atoms with E-state index in [9.17, 15) is 4.79 Å². The first-order valence-corrected chi connectivity index (χ1v) is 7.47. The van der Waals surface area contributed by atoms with Gasteiger partial charge < -0.3 is 20.1 Å². The quantitative estimate of drug-likeness (QED) is 0.812. The van der Waals surface area contributed by atoms with Crippen molar-refractivity contribution in [2.24, 2.45) is 5.73 Å². The number of nitrogens with two attached hydrogens (primary N) is 1. The second-order valence-electron chi connectivity index (χ2n) is 5.35. The molecule has 1 heterocycles. The van der Waals surface area contributed by atoms with Crippen molar-refractivity contribution in [3.63, 3.8) is 0 Å². The molecule has 0 aromatic heterocycles. The highest BCUT2D eigenvalue weighted by atomic mass is 35.5. The molecule has 1 aliphatic rings. The average molecular weight is 329 g/mol. The van der Waals surface area contributed by atoms with E-state index in [0.29, 0.717) is 18.8 Å². The van der Waals surface area contributed by atoms with Gasteiger partial charge in [-0.25, -0.2) is 0 Å². The fourth-order valence-electron chi connectivity index (χ4n) is 2.37. The maximum Gasteiger partial charge on any atom is 0.253 e. The van der Waals surface area contributed by atoms with Gasteiger partial charge in [-0.1, -0.05) is 0 Å². The molecule has 1 aromatic rings. The lowest BCUT2D eigenvalue weighted by Gasteiger charge is -2.30. The fourth-order valence-corrected chi connectivity index (χ4v) is 2.37. The summed E-state index contributed by atoms with van der Waals surface area (Å²) in [6.45, 7) is 2.79. The highest BCUT2D eigenvalue weighted by Gasteiger charge is 2.21. The monoisotopic (exact) mass is 328 g/mol. The number of likely N-dealkylation sites (tertiary alicyclic amines) is 1. The van der Waals surface area contributed by atoms with Crippen molar-refractivity contribution < 1.29 is 14.3 Å². The van der Waals surface area contributed by atoms with E-state index in [0.717, 1.165) is 38.1 Å². The number of benzene rings is 1. The highest BCUT2D eigenvalue weighted by Crippen LogP contribution is 2.16. The van der Waals surface area contributed by atoms with E-state index in [1.807, 2.05) is 29.2 Å². The molecular weight excluding hydrogens is 304 g/mol. The number of halogens is 1. The SMILES string of the molecule is COCCCOc1ccc(C(=O)N2CCC(N)CC2)cc1.Cl. The Morgan fingerprint density at radius 2 is 1.86 bits per heavy atom. The standard InChI is InChI=1S/C16H24N2O3.ClH/c1-20-11-2-12-21-15-5-3-13(4-6-15)16(19)18-9-7-14(17)8-10-18;/h3-6,14H,2,7-12,17H2,1H3;1H. The van der Waals surface area contributed by atoms with Crippen LogP contribution >= 0.6 is 12.4 Å². The minimum atomic E-state index is 0. The Kier molecular flexibility index (Phi) is 8.24. The number of hydrogen-bond acceptors (Lipinski definition) is 4. The van der Waals surface area contributed by atoms with Crippen LogP contribution in [0, 0.1) is 0 Å². The third kappa shape index (κ3) is 5.48. The molecular formula is C16H25ClN2O3. The second kappa shape index (κ2) is 9.66. The molecule has 1 fully saturated rings. The largest absolute Gasteiger partial charge is 0.494 e. The minimum absolute atomic E-state index is 0. The fraction of sp³-hybridized carbons (Fsp3) is 0.562. The Balaban J connectivity index is 0.00000242. The van der Waals surface area contributed by atoms with Crippen molar-refractivity contribution in [2.45, 2.75) is 25.3 Å². The molecule has 0 unspecified atom stereocenters. The molecule has 0 radical (unpaired) electrons. The smallest absolute Gasteiger partial charge is 0.253 e. The molecule has 22 heavy (non-hydrogen) atoms. The summed E-state index contributed by atoms with van der Waals surface area (Å²) in [6, 6.07) is 7.56. The van der Waals surface area contributed by atoms with Gasteiger partial charge in [0.25, 0.3) is 5.91 Å². The number of carbonyl (C=O) groups excluding carboxylic acids is 1. The van der Waals surface area contributed by atoms with Crippen molar-refractivity contribution in [1.29, 1.82) is 0 Å². The molecule has 0 aliphatic carbocycles. The topological polar surface area (TPSA) is 64.8 Å². The van der Waals surface area contributed by atoms with Gasteiger partial charge in [0.2, 0.25) is 0 Å². The zero-order chi connectivity index (χ0) is 15.1. The van der Waals surface area contributed by atoms with Gasteiger partial charge in [0.15, 0.2) is 0 Å². The lowest BCUT2D eigenvalue weighted by molar-refractivity contribution is 0.0714. The van der Waals surface area contributed by atoms with Crippen LogP contribution in [0.2, 0.25) is 0 Å². The van der Waals surface area contributed by atoms with Gasteiger partial charge in [0, 0.05) is 44.8 Å². The molecule has 1 aliphatic heterocycles. The van der Waals surface area contributed by atoms with Crippen LogP contribution in [0.5, 0.6) is 5.75 Å². The molecule has 0 spiro atoms. The van der Waals surface area contributed by atoms with Gasteiger partial charge in [0.1, 0.15) is 5.75 Å². The number of piperidine rings is 1. The molecule has 1 aromatic carbocycles. The third-order valence-electron chi connectivity index (χ3n) is 3.69. The minimum Gasteiger partial charge on any atom is -0.494 e. The second-order valence-corrected chi connectivity index (χ2v) is 5.35. The number of hydrogen-bond donors (Lipinski definition) is 1. The van der Waals surface area contributed by atoms with Crippen molar-refractivity contribution in [2.75, 3.05) is 33.4 Å². The summed E-state index contributed by atoms with van der Waals surface area (Å²) in [5, 5.41) is 0. The van der Waals surface area contributed by atoms with Crippen molar-refractivity contribution >= 4 is 18.3 Å². The summed E-state index contributed by atoms with van der Waals surface area (Å²) < 4.78 is 10.5. The molecule has 1 saturated heterocycles. The Morgan fingerprint density at radius 1 is 1.23 bits per heavy atom. The van der Waals surface area contributed by atoms with Crippen molar-refractivity contribution in [1.82, 2.24) is 4.90 Å². The van der Waals surface area contributed by atoms with Gasteiger partial charge in [-0.2, -0.15) is 0 Å². The molecule has 0 bridgehead atoms. The van der Waals surface area contributed by atoms with Crippen LogP contribution in [0.15, 0.2) is 24.3 Å². The molecule has 2 rings (SSSR count). The maximum absolute atomic E-state index is 12.3. The van der Waals surface area contributed by atoms with E-state index >= 15 is 0 Å². The van der Waals surface area contributed by atoms with E-state index < -0.39 is 0 Å². The van der Waals surface area contributed by atoms with Crippen LogP contribution in [0.25, 0.3) is 0 Å². The zero-order valence-electron chi connectivity index (χ0n) is 13.0. The number of carbonyl (C=O) groups is 1. The first-order valence-electron chi connectivity index (χ1n) is 7.47. The van der Waals surface area contributed by atoms with Crippen LogP contribution in [0.3, 0.4) is 0 Å². The lowest BCUT2D eigenvalue weighted by atomic mass is 10.0. The molecule has 0 atom stereocenters. The van der Waals surface area contributed by atoms with Gasteiger partial charge in [-0.15, -0.1) is 12.4 Å². The van der Waals surface area contributed by atoms with Crippen LogP contribution in [0.4, 0.5) is 0 Å². The number of nitrogens with zero attached hydrogens (tertiary/aromatic N) is 1. The van der Waals surface area contributed by atoms with Crippen LogP contribution in [-0.2, 0) is 4.74 Å². The number of rotatable bonds is 6. The predicted molar refractivity (Wildman–Crippen MR) is 88.8 cm³/mol. The Labute approximate surface area is 138 Å². The lowest BCUT2D eigenvalue weighted by Crippen LogP contribution is -2.42. The van der Waals surface area contributed by atoms with Crippen LogP contribution < -0.4 is 10.5 Å². The molecule has 124 valence electrons. The number of methoxy groups -OCH3 is 1. The molecule has 1 amide bonds. The van der Waals surface area contributed by atoms with Gasteiger partial charge in [0.05, 0.1) is 6.61 Å². The number of amides is 1. The zero-order valence-corrected chi connectivity index (χ0v) is 13.8. The van der Waals surface area contributed by atoms with Crippen molar-refractivity contribution in [3.05, 3.63) is 29.8 Å². The normalized spacial score (nSPS) is 15.3. The van der Waals surface area contributed by atoms with Crippen LogP contribution in [-0.4, -0.2) is 50.3 Å². The Bertz CT molecular complexity index is 445. The molecule has 2 N–H and O–H groups in total. The predicted octanol–water partition coefficient (Wildman–Crippen LogP) is 2.09. The van der Waals surface area contributed by atoms with E-state index in [4.69, 9.17) is 15.2 Å². The molecule has 5 nitrogen and oxygen atoms in total. The first-order chi connectivity index (χ1) is 10.2. The summed E-state index contributed by atoms with van der Waals surface area (Å²) in [6.07, 6.45) is 2.62. The van der Waals surface area contributed by atoms with Gasteiger partial charge in [-0.05, 0) is 37.1 Å². The third-order valence-corrected chi connectivity index (χ3v) is 3.69. The summed E-state index contributed by atoms with van der Waals surface area (Å²) in [5.41, 5.74) is 6.56. The number of ether oxygens (including phenoxy) is 2. The van der Waals surface area contributed by atoms with E-state index in [-0.39, 0.29) is 24.4 Å².